The lowest BCUT2D eigenvalue weighted by Crippen LogP contribution is -2.44. The van der Waals surface area contributed by atoms with Gasteiger partial charge in [-0.3, -0.25) is 0 Å². The minimum atomic E-state index is -0.00404. The average Bonchev–Trinajstić information content (AvgIpc) is 2.30. The summed E-state index contributed by atoms with van der Waals surface area (Å²) in [6.45, 7) is 2.07. The quantitative estimate of drug-likeness (QED) is 0.876. The summed E-state index contributed by atoms with van der Waals surface area (Å²) in [6, 6.07) is 8.06. The van der Waals surface area contributed by atoms with E-state index >= 15 is 0 Å². The van der Waals surface area contributed by atoms with Crippen LogP contribution in [0, 0.1) is 0 Å². The Hall–Kier alpha value is -0.570. The fraction of sp³-hybridized carbons (Fsp3) is 0.538. The van der Waals surface area contributed by atoms with Crippen LogP contribution >= 0.6 is 11.6 Å². The molecule has 1 aliphatic heterocycles. The molecule has 2 nitrogen and oxygen atoms in total. The number of hydrogen-bond acceptors (Lipinski definition) is 2. The van der Waals surface area contributed by atoms with Crippen LogP contribution in [0.25, 0.3) is 0 Å². The highest BCUT2D eigenvalue weighted by Gasteiger charge is 2.31. The van der Waals surface area contributed by atoms with Crippen LogP contribution in [0.5, 0.6) is 0 Å². The van der Waals surface area contributed by atoms with Crippen molar-refractivity contribution in [3.63, 3.8) is 0 Å². The van der Waals surface area contributed by atoms with Crippen molar-refractivity contribution in [3.05, 3.63) is 34.9 Å². The van der Waals surface area contributed by atoms with Gasteiger partial charge in [0.25, 0.3) is 0 Å². The van der Waals surface area contributed by atoms with E-state index in [2.05, 4.69) is 11.4 Å². The molecular formula is C13H18ClNO. The van der Waals surface area contributed by atoms with Crippen LogP contribution in [0.1, 0.15) is 18.4 Å². The Labute approximate surface area is 102 Å². The number of ether oxygens (including phenoxy) is 1. The maximum absolute atomic E-state index is 6.00. The van der Waals surface area contributed by atoms with E-state index in [0.29, 0.717) is 0 Å². The predicted molar refractivity (Wildman–Crippen MR) is 67.0 cm³/mol. The van der Waals surface area contributed by atoms with Crippen molar-refractivity contribution < 1.29 is 4.74 Å². The molecule has 1 aliphatic rings. The van der Waals surface area contributed by atoms with Crippen LogP contribution in [0.3, 0.4) is 0 Å². The minimum Gasteiger partial charge on any atom is -0.378 e. The third kappa shape index (κ3) is 2.76. The average molecular weight is 240 g/mol. The Morgan fingerprint density at radius 1 is 1.38 bits per heavy atom. The first-order valence-corrected chi connectivity index (χ1v) is 6.12. The summed E-state index contributed by atoms with van der Waals surface area (Å²) < 4.78 is 5.74. The summed E-state index contributed by atoms with van der Waals surface area (Å²) in [5, 5.41) is 4.17. The topological polar surface area (TPSA) is 21.3 Å². The van der Waals surface area contributed by atoms with Crippen molar-refractivity contribution in [3.8, 4) is 0 Å². The highest BCUT2D eigenvalue weighted by molar-refractivity contribution is 6.30. The van der Waals surface area contributed by atoms with E-state index in [4.69, 9.17) is 16.3 Å². The minimum absolute atomic E-state index is 0.00404. The summed E-state index contributed by atoms with van der Waals surface area (Å²) in [6.07, 6.45) is 3.08. The van der Waals surface area contributed by atoms with Gasteiger partial charge in [0.2, 0.25) is 0 Å². The number of benzene rings is 1. The third-order valence-corrected chi connectivity index (χ3v) is 3.60. The molecule has 0 atom stereocenters. The molecule has 1 aromatic carbocycles. The first kappa shape index (κ1) is 11.9. The lowest BCUT2D eigenvalue weighted by atomic mass is 9.86. The lowest BCUT2D eigenvalue weighted by molar-refractivity contribution is -0.0333. The maximum atomic E-state index is 6.00. The van der Waals surface area contributed by atoms with Gasteiger partial charge in [-0.05, 0) is 43.6 Å². The SMILES string of the molecule is COC1(Cc2cccc(Cl)c2)CCNCC1. The molecule has 0 aliphatic carbocycles. The van der Waals surface area contributed by atoms with Gasteiger partial charge < -0.3 is 10.1 Å². The van der Waals surface area contributed by atoms with Gasteiger partial charge in [-0.2, -0.15) is 0 Å². The normalized spacial score (nSPS) is 19.6. The lowest BCUT2D eigenvalue weighted by Gasteiger charge is -2.36. The first-order valence-electron chi connectivity index (χ1n) is 5.74. The van der Waals surface area contributed by atoms with E-state index < -0.39 is 0 Å². The molecule has 0 radical (unpaired) electrons. The summed E-state index contributed by atoms with van der Waals surface area (Å²) in [5.41, 5.74) is 1.26. The zero-order valence-electron chi connectivity index (χ0n) is 9.63. The standard InChI is InChI=1S/C13H18ClNO/c1-16-13(5-7-15-8-6-13)10-11-3-2-4-12(14)9-11/h2-4,9,15H,5-8,10H2,1H3. The molecule has 1 aromatic rings. The van der Waals surface area contributed by atoms with Crippen molar-refractivity contribution in [1.29, 1.82) is 0 Å². The molecule has 1 N–H and O–H groups in total. The van der Waals surface area contributed by atoms with E-state index in [1.54, 1.807) is 0 Å². The van der Waals surface area contributed by atoms with Gasteiger partial charge in [0.05, 0.1) is 5.60 Å². The Morgan fingerprint density at radius 3 is 2.75 bits per heavy atom. The van der Waals surface area contributed by atoms with Gasteiger partial charge in [-0.15, -0.1) is 0 Å². The predicted octanol–water partition coefficient (Wildman–Crippen LogP) is 2.65. The first-order chi connectivity index (χ1) is 7.74. The van der Waals surface area contributed by atoms with Crippen LogP contribution in [0.15, 0.2) is 24.3 Å². The molecule has 0 bridgehead atoms. The summed E-state index contributed by atoms with van der Waals surface area (Å²) >= 11 is 6.00. The maximum Gasteiger partial charge on any atom is 0.0743 e. The number of nitrogens with one attached hydrogen (secondary N) is 1. The summed E-state index contributed by atoms with van der Waals surface area (Å²) in [7, 11) is 1.82. The zero-order valence-corrected chi connectivity index (χ0v) is 10.4. The van der Waals surface area contributed by atoms with Crippen LogP contribution in [-0.4, -0.2) is 25.8 Å². The van der Waals surface area contributed by atoms with Crippen LogP contribution in [0.4, 0.5) is 0 Å². The molecular weight excluding hydrogens is 222 g/mol. The molecule has 0 spiro atoms. The number of halogens is 1. The molecule has 0 amide bonds. The van der Waals surface area contributed by atoms with Gasteiger partial charge in [0.1, 0.15) is 0 Å². The van der Waals surface area contributed by atoms with Crippen molar-refractivity contribution in [2.45, 2.75) is 24.9 Å². The van der Waals surface area contributed by atoms with Crippen LogP contribution in [-0.2, 0) is 11.2 Å². The number of methoxy groups -OCH3 is 1. The molecule has 1 saturated heterocycles. The molecule has 3 heteroatoms. The fourth-order valence-corrected chi connectivity index (χ4v) is 2.57. The Balaban J connectivity index is 2.11. The van der Waals surface area contributed by atoms with E-state index in [1.807, 2.05) is 25.3 Å². The summed E-state index contributed by atoms with van der Waals surface area (Å²) in [5.74, 6) is 0. The second-order valence-electron chi connectivity index (χ2n) is 4.44. The monoisotopic (exact) mass is 239 g/mol. The van der Waals surface area contributed by atoms with Gasteiger partial charge in [0.15, 0.2) is 0 Å². The molecule has 88 valence electrons. The van der Waals surface area contributed by atoms with Gasteiger partial charge in [-0.1, -0.05) is 23.7 Å². The van der Waals surface area contributed by atoms with Crippen LogP contribution in [0.2, 0.25) is 5.02 Å². The number of hydrogen-bond donors (Lipinski definition) is 1. The smallest absolute Gasteiger partial charge is 0.0743 e. The van der Waals surface area contributed by atoms with E-state index in [1.165, 1.54) is 5.56 Å². The van der Waals surface area contributed by atoms with Crippen molar-refractivity contribution in [2.75, 3.05) is 20.2 Å². The Bertz CT molecular complexity index is 348. The van der Waals surface area contributed by atoms with E-state index in [0.717, 1.165) is 37.4 Å². The molecule has 0 aromatic heterocycles. The molecule has 1 heterocycles. The Morgan fingerprint density at radius 2 is 2.12 bits per heavy atom. The fourth-order valence-electron chi connectivity index (χ4n) is 2.35. The number of piperidine rings is 1. The molecule has 1 fully saturated rings. The van der Waals surface area contributed by atoms with Gasteiger partial charge in [-0.25, -0.2) is 0 Å². The van der Waals surface area contributed by atoms with Gasteiger partial charge in [0, 0.05) is 18.6 Å². The van der Waals surface area contributed by atoms with Crippen molar-refractivity contribution in [1.82, 2.24) is 5.32 Å². The Kier molecular flexibility index (Phi) is 3.85. The zero-order chi connectivity index (χ0) is 11.4. The second kappa shape index (κ2) is 5.17. The molecule has 2 rings (SSSR count). The van der Waals surface area contributed by atoms with Crippen molar-refractivity contribution >= 4 is 11.6 Å². The second-order valence-corrected chi connectivity index (χ2v) is 4.88. The molecule has 0 saturated carbocycles. The van der Waals surface area contributed by atoms with Crippen molar-refractivity contribution in [2.24, 2.45) is 0 Å². The highest BCUT2D eigenvalue weighted by Crippen LogP contribution is 2.27. The molecule has 0 unspecified atom stereocenters. The summed E-state index contributed by atoms with van der Waals surface area (Å²) in [4.78, 5) is 0. The largest absolute Gasteiger partial charge is 0.378 e. The highest BCUT2D eigenvalue weighted by atomic mass is 35.5. The van der Waals surface area contributed by atoms with E-state index in [-0.39, 0.29) is 5.60 Å². The third-order valence-electron chi connectivity index (χ3n) is 3.36. The number of rotatable bonds is 3. The van der Waals surface area contributed by atoms with Gasteiger partial charge >= 0.3 is 0 Å². The van der Waals surface area contributed by atoms with E-state index in [9.17, 15) is 0 Å². The van der Waals surface area contributed by atoms with Crippen LogP contribution < -0.4 is 5.32 Å². The molecule has 16 heavy (non-hydrogen) atoms.